The first-order valence-corrected chi connectivity index (χ1v) is 6.13. The molecule has 0 saturated carbocycles. The number of aromatic nitrogens is 1. The second kappa shape index (κ2) is 4.74. The van der Waals surface area contributed by atoms with Gasteiger partial charge in [0.1, 0.15) is 5.76 Å². The van der Waals surface area contributed by atoms with Crippen LogP contribution in [-0.4, -0.2) is 28.1 Å². The summed E-state index contributed by atoms with van der Waals surface area (Å²) in [4.78, 5) is 0. The molecular formula is C13H20N2O3. The van der Waals surface area contributed by atoms with Gasteiger partial charge in [0, 0.05) is 12.5 Å². The molecule has 1 heterocycles. The van der Waals surface area contributed by atoms with Crippen LogP contribution >= 0.6 is 0 Å². The molecule has 100 valence electrons. The Kier molecular flexibility index (Phi) is 3.45. The predicted octanol–water partition coefficient (Wildman–Crippen LogP) is 2.69. The molecule has 0 fully saturated rings. The highest BCUT2D eigenvalue weighted by atomic mass is 16.5. The maximum Gasteiger partial charge on any atom is 0.196 e. The van der Waals surface area contributed by atoms with E-state index in [0.717, 1.165) is 5.06 Å². The van der Waals surface area contributed by atoms with Crippen molar-refractivity contribution in [2.45, 2.75) is 51.9 Å². The first-order valence-electron chi connectivity index (χ1n) is 6.13. The fourth-order valence-corrected chi connectivity index (χ4v) is 2.00. The Morgan fingerprint density at radius 1 is 1.44 bits per heavy atom. The monoisotopic (exact) mass is 252 g/mol. The largest absolute Gasteiger partial charge is 0.368 e. The van der Waals surface area contributed by atoms with E-state index >= 15 is 0 Å². The SMILES string of the molecule is Cc1cc(N(O)[C@@H]2C=CC(OC(C)(C)C)C2)no1. The molecule has 1 aromatic heterocycles. The van der Waals surface area contributed by atoms with Gasteiger partial charge in [-0.3, -0.25) is 5.21 Å². The van der Waals surface area contributed by atoms with Crippen LogP contribution in [0.1, 0.15) is 33.0 Å². The fourth-order valence-electron chi connectivity index (χ4n) is 2.00. The van der Waals surface area contributed by atoms with Crippen molar-refractivity contribution < 1.29 is 14.5 Å². The second-order valence-electron chi connectivity index (χ2n) is 5.60. The summed E-state index contributed by atoms with van der Waals surface area (Å²) in [6.45, 7) is 7.85. The highest BCUT2D eigenvalue weighted by molar-refractivity contribution is 5.38. The summed E-state index contributed by atoms with van der Waals surface area (Å²) < 4.78 is 10.8. The van der Waals surface area contributed by atoms with Crippen LogP contribution in [0.4, 0.5) is 5.82 Å². The number of aryl methyl sites for hydroxylation is 1. The normalized spacial score (nSPS) is 23.6. The van der Waals surface area contributed by atoms with Crippen LogP contribution in [0.25, 0.3) is 0 Å². The first kappa shape index (κ1) is 13.1. The summed E-state index contributed by atoms with van der Waals surface area (Å²) in [6.07, 6.45) is 4.64. The molecule has 0 radical (unpaired) electrons. The molecule has 18 heavy (non-hydrogen) atoms. The third-order valence-electron chi connectivity index (χ3n) is 2.69. The van der Waals surface area contributed by atoms with E-state index in [0.29, 0.717) is 18.0 Å². The number of hydrogen-bond donors (Lipinski definition) is 1. The first-order chi connectivity index (χ1) is 8.35. The maximum absolute atomic E-state index is 10.1. The summed E-state index contributed by atoms with van der Waals surface area (Å²) in [5.41, 5.74) is -0.186. The van der Waals surface area contributed by atoms with Crippen LogP contribution in [0, 0.1) is 6.92 Å². The van der Waals surface area contributed by atoms with E-state index in [4.69, 9.17) is 9.26 Å². The van der Waals surface area contributed by atoms with E-state index < -0.39 is 0 Å². The molecule has 1 aliphatic carbocycles. The van der Waals surface area contributed by atoms with Crippen LogP contribution in [0.2, 0.25) is 0 Å². The molecule has 0 amide bonds. The van der Waals surface area contributed by atoms with Gasteiger partial charge in [0.05, 0.1) is 17.7 Å². The van der Waals surface area contributed by atoms with E-state index in [2.05, 4.69) is 5.16 Å². The van der Waals surface area contributed by atoms with E-state index in [1.54, 1.807) is 13.0 Å². The lowest BCUT2D eigenvalue weighted by Crippen LogP contribution is -2.33. The van der Waals surface area contributed by atoms with Crippen LogP contribution in [0.15, 0.2) is 22.7 Å². The van der Waals surface area contributed by atoms with Crippen molar-refractivity contribution in [3.05, 3.63) is 24.0 Å². The second-order valence-corrected chi connectivity index (χ2v) is 5.60. The molecule has 1 aromatic rings. The number of rotatable bonds is 3. The average molecular weight is 252 g/mol. The van der Waals surface area contributed by atoms with Gasteiger partial charge in [0.2, 0.25) is 0 Å². The molecule has 1 unspecified atom stereocenters. The van der Waals surface area contributed by atoms with Crippen molar-refractivity contribution in [2.24, 2.45) is 0 Å². The zero-order chi connectivity index (χ0) is 13.3. The standard InChI is InChI=1S/C13H20N2O3/c1-9-7-12(14-18-9)15(16)10-5-6-11(8-10)17-13(2,3)4/h5-7,10-11,16H,8H2,1-4H3/t10-,11?/m1/s1. The smallest absolute Gasteiger partial charge is 0.196 e. The minimum atomic E-state index is -0.186. The molecule has 0 bridgehead atoms. The summed E-state index contributed by atoms with van der Waals surface area (Å²) in [7, 11) is 0. The van der Waals surface area contributed by atoms with Crippen molar-refractivity contribution in [1.82, 2.24) is 5.16 Å². The van der Waals surface area contributed by atoms with Crippen molar-refractivity contribution in [1.29, 1.82) is 0 Å². The Morgan fingerprint density at radius 2 is 2.17 bits per heavy atom. The Labute approximate surface area is 107 Å². The number of anilines is 1. The van der Waals surface area contributed by atoms with Gasteiger partial charge in [-0.25, -0.2) is 5.06 Å². The Morgan fingerprint density at radius 3 is 2.72 bits per heavy atom. The lowest BCUT2D eigenvalue weighted by molar-refractivity contribution is -0.0401. The van der Waals surface area contributed by atoms with Crippen LogP contribution in [-0.2, 0) is 4.74 Å². The molecule has 2 rings (SSSR count). The third-order valence-corrected chi connectivity index (χ3v) is 2.69. The van der Waals surface area contributed by atoms with Gasteiger partial charge >= 0.3 is 0 Å². The van der Waals surface area contributed by atoms with Crippen LogP contribution in [0.3, 0.4) is 0 Å². The highest BCUT2D eigenvalue weighted by Crippen LogP contribution is 2.26. The van der Waals surface area contributed by atoms with E-state index in [1.807, 2.05) is 32.9 Å². The molecule has 2 atom stereocenters. The van der Waals surface area contributed by atoms with Gasteiger partial charge in [-0.05, 0) is 27.7 Å². The summed E-state index contributed by atoms with van der Waals surface area (Å²) >= 11 is 0. The average Bonchev–Trinajstić information content (AvgIpc) is 2.84. The molecule has 0 aliphatic heterocycles. The summed E-state index contributed by atoms with van der Waals surface area (Å²) in [6, 6.07) is 1.58. The van der Waals surface area contributed by atoms with E-state index in [-0.39, 0.29) is 17.7 Å². The van der Waals surface area contributed by atoms with E-state index in [9.17, 15) is 5.21 Å². The highest BCUT2D eigenvalue weighted by Gasteiger charge is 2.28. The Balaban J connectivity index is 1.95. The van der Waals surface area contributed by atoms with Crippen molar-refractivity contribution in [3.8, 4) is 0 Å². The van der Waals surface area contributed by atoms with Crippen LogP contribution < -0.4 is 5.06 Å². The van der Waals surface area contributed by atoms with Gasteiger partial charge in [0.25, 0.3) is 0 Å². The zero-order valence-electron chi connectivity index (χ0n) is 11.3. The number of hydrogen-bond acceptors (Lipinski definition) is 5. The molecule has 1 N–H and O–H groups in total. The van der Waals surface area contributed by atoms with Crippen molar-refractivity contribution in [2.75, 3.05) is 5.06 Å². The maximum atomic E-state index is 10.1. The molecule has 1 aliphatic rings. The molecular weight excluding hydrogens is 232 g/mol. The Bertz CT molecular complexity index is 434. The van der Waals surface area contributed by atoms with Gasteiger partial charge < -0.3 is 9.26 Å². The summed E-state index contributed by atoms with van der Waals surface area (Å²) in [5, 5.41) is 15.0. The quantitative estimate of drug-likeness (QED) is 0.662. The van der Waals surface area contributed by atoms with Gasteiger partial charge in [-0.1, -0.05) is 17.3 Å². The summed E-state index contributed by atoms with van der Waals surface area (Å²) in [5.74, 6) is 1.10. The predicted molar refractivity (Wildman–Crippen MR) is 67.7 cm³/mol. The minimum absolute atomic E-state index is 0.0256. The molecule has 0 saturated heterocycles. The van der Waals surface area contributed by atoms with Gasteiger partial charge in [-0.2, -0.15) is 0 Å². The van der Waals surface area contributed by atoms with E-state index in [1.165, 1.54) is 0 Å². The fraction of sp³-hybridized carbons (Fsp3) is 0.615. The number of nitrogens with zero attached hydrogens (tertiary/aromatic N) is 2. The third kappa shape index (κ3) is 3.11. The topological polar surface area (TPSA) is 58.7 Å². The van der Waals surface area contributed by atoms with Crippen LogP contribution in [0.5, 0.6) is 0 Å². The van der Waals surface area contributed by atoms with Gasteiger partial charge in [-0.15, -0.1) is 0 Å². The molecule has 5 heteroatoms. The van der Waals surface area contributed by atoms with Gasteiger partial charge in [0.15, 0.2) is 5.82 Å². The van der Waals surface area contributed by atoms with Crippen molar-refractivity contribution in [3.63, 3.8) is 0 Å². The lowest BCUT2D eigenvalue weighted by Gasteiger charge is -2.26. The Hall–Kier alpha value is -1.33. The van der Waals surface area contributed by atoms with Crippen molar-refractivity contribution >= 4 is 5.82 Å². The minimum Gasteiger partial charge on any atom is -0.368 e. The number of hydroxylamine groups is 1. The zero-order valence-corrected chi connectivity index (χ0v) is 11.3. The molecule has 5 nitrogen and oxygen atoms in total. The molecule has 0 aromatic carbocycles. The molecule has 0 spiro atoms. The lowest BCUT2D eigenvalue weighted by atomic mass is 10.1. The number of ether oxygens (including phenoxy) is 1.